The Morgan fingerprint density at radius 3 is 2.50 bits per heavy atom. The van der Waals surface area contributed by atoms with Crippen LogP contribution in [-0.4, -0.2) is 18.9 Å². The topological polar surface area (TPSA) is 55.1 Å². The first-order valence-corrected chi connectivity index (χ1v) is 8.04. The molecule has 1 heterocycles. The van der Waals surface area contributed by atoms with Crippen LogP contribution in [0.25, 0.3) is 0 Å². The fraction of sp³-hybridized carbons (Fsp3) is 0.611. The molecule has 3 nitrogen and oxygen atoms in total. The van der Waals surface area contributed by atoms with Crippen molar-refractivity contribution in [1.29, 1.82) is 0 Å². The molecule has 1 aromatic carbocycles. The van der Waals surface area contributed by atoms with Crippen molar-refractivity contribution < 1.29 is 9.18 Å². The van der Waals surface area contributed by atoms with E-state index in [0.29, 0.717) is 5.56 Å². The lowest BCUT2D eigenvalue weighted by Gasteiger charge is -2.38. The summed E-state index contributed by atoms with van der Waals surface area (Å²) in [6, 6.07) is 4.43. The monoisotopic (exact) mass is 306 g/mol. The minimum absolute atomic E-state index is 0.0668. The average Bonchev–Trinajstić information content (AvgIpc) is 2.47. The number of hydrogen-bond donors (Lipinski definition) is 2. The summed E-state index contributed by atoms with van der Waals surface area (Å²) in [5, 5.41) is 3.32. The Hall–Kier alpha value is -1.42. The minimum Gasteiger partial charge on any atom is -0.396 e. The van der Waals surface area contributed by atoms with Crippen molar-refractivity contribution in [3.05, 3.63) is 29.6 Å². The Morgan fingerprint density at radius 2 is 1.95 bits per heavy atom. The molecule has 2 rings (SSSR count). The van der Waals surface area contributed by atoms with Crippen molar-refractivity contribution >= 4 is 11.5 Å². The van der Waals surface area contributed by atoms with E-state index in [9.17, 15) is 9.18 Å². The van der Waals surface area contributed by atoms with Crippen LogP contribution in [0.4, 0.5) is 10.1 Å². The van der Waals surface area contributed by atoms with Crippen molar-refractivity contribution in [1.82, 2.24) is 5.32 Å². The molecule has 1 fully saturated rings. The zero-order valence-electron chi connectivity index (χ0n) is 13.8. The molecule has 0 atom stereocenters. The van der Waals surface area contributed by atoms with Gasteiger partial charge in [0.2, 0.25) is 0 Å². The van der Waals surface area contributed by atoms with Crippen molar-refractivity contribution in [2.24, 2.45) is 10.8 Å². The third-order valence-corrected chi connectivity index (χ3v) is 4.66. The molecule has 1 aliphatic rings. The molecule has 0 radical (unpaired) electrons. The van der Waals surface area contributed by atoms with Crippen LogP contribution in [0.15, 0.2) is 18.2 Å². The van der Waals surface area contributed by atoms with Gasteiger partial charge in [-0.3, -0.25) is 4.79 Å². The van der Waals surface area contributed by atoms with Gasteiger partial charge in [0.1, 0.15) is 5.82 Å². The molecule has 3 N–H and O–H groups in total. The number of nitrogens with one attached hydrogen (secondary N) is 1. The van der Waals surface area contributed by atoms with E-state index in [4.69, 9.17) is 5.73 Å². The average molecular weight is 306 g/mol. The van der Waals surface area contributed by atoms with Crippen LogP contribution >= 0.6 is 0 Å². The van der Waals surface area contributed by atoms with Crippen molar-refractivity contribution in [3.8, 4) is 0 Å². The molecule has 122 valence electrons. The first-order valence-electron chi connectivity index (χ1n) is 8.04. The second-order valence-corrected chi connectivity index (χ2v) is 7.66. The molecule has 0 aromatic heterocycles. The summed E-state index contributed by atoms with van der Waals surface area (Å²) in [5.74, 6) is -0.442. The fourth-order valence-corrected chi connectivity index (χ4v) is 3.08. The highest BCUT2D eigenvalue weighted by molar-refractivity contribution is 6.00. The maximum atomic E-state index is 13.7. The van der Waals surface area contributed by atoms with Crippen molar-refractivity contribution in [3.63, 3.8) is 0 Å². The Bertz CT molecular complexity index is 543. The van der Waals surface area contributed by atoms with Crippen LogP contribution in [-0.2, 0) is 0 Å². The van der Waals surface area contributed by atoms with Crippen LogP contribution in [0, 0.1) is 16.6 Å². The number of ketones is 1. The lowest BCUT2D eigenvalue weighted by atomic mass is 9.68. The number of halogens is 1. The predicted molar refractivity (Wildman–Crippen MR) is 88.4 cm³/mol. The number of hydrogen-bond acceptors (Lipinski definition) is 3. The first-order chi connectivity index (χ1) is 10.2. The number of rotatable bonds is 4. The molecule has 0 unspecified atom stereocenters. The molecule has 0 bridgehead atoms. The summed E-state index contributed by atoms with van der Waals surface area (Å²) in [6.07, 6.45) is 3.46. The number of anilines is 1. The summed E-state index contributed by atoms with van der Waals surface area (Å²) < 4.78 is 13.7. The van der Waals surface area contributed by atoms with Gasteiger partial charge in [0.05, 0.1) is 5.69 Å². The Morgan fingerprint density at radius 1 is 1.32 bits per heavy atom. The smallest absolute Gasteiger partial charge is 0.169 e. The van der Waals surface area contributed by atoms with Gasteiger partial charge >= 0.3 is 0 Å². The quantitative estimate of drug-likeness (QED) is 0.657. The van der Waals surface area contributed by atoms with E-state index in [2.05, 4.69) is 26.1 Å². The van der Waals surface area contributed by atoms with Gasteiger partial charge in [0.15, 0.2) is 5.78 Å². The van der Waals surface area contributed by atoms with Gasteiger partial charge in [-0.15, -0.1) is 0 Å². The zero-order chi connectivity index (χ0) is 16.4. The van der Waals surface area contributed by atoms with E-state index >= 15 is 0 Å². The first kappa shape index (κ1) is 16.9. The number of benzene rings is 1. The number of carbonyl (C=O) groups is 1. The number of carbonyl (C=O) groups excluding carboxylic acids is 1. The Balaban J connectivity index is 2.27. The van der Waals surface area contributed by atoms with Crippen LogP contribution in [0.3, 0.4) is 0 Å². The van der Waals surface area contributed by atoms with Crippen molar-refractivity contribution in [2.45, 2.75) is 46.5 Å². The van der Waals surface area contributed by atoms with E-state index in [0.717, 1.165) is 38.8 Å². The normalized spacial score (nSPS) is 18.2. The standard InChI is InChI=1S/C18H27FN2O/c1-17(2,3)6-7-18(8-10-21-11-9-18)16(22)13-4-5-15(20)14(19)12-13/h4-5,12,21H,6-11,20H2,1-3H3. The molecular formula is C18H27FN2O. The minimum atomic E-state index is -0.509. The molecule has 1 aromatic rings. The largest absolute Gasteiger partial charge is 0.396 e. The molecule has 22 heavy (non-hydrogen) atoms. The fourth-order valence-electron chi connectivity index (χ4n) is 3.08. The van der Waals surface area contributed by atoms with Crippen LogP contribution in [0.1, 0.15) is 56.8 Å². The maximum absolute atomic E-state index is 13.7. The van der Waals surface area contributed by atoms with E-state index in [1.807, 2.05) is 0 Å². The number of nitrogen functional groups attached to an aromatic ring is 1. The molecule has 1 saturated heterocycles. The molecule has 0 spiro atoms. The Kier molecular flexibility index (Phi) is 4.90. The summed E-state index contributed by atoms with van der Waals surface area (Å²) in [4.78, 5) is 13.1. The highest BCUT2D eigenvalue weighted by Gasteiger charge is 2.40. The highest BCUT2D eigenvalue weighted by atomic mass is 19.1. The van der Waals surface area contributed by atoms with Gasteiger partial charge in [-0.25, -0.2) is 4.39 Å². The number of Topliss-reactive ketones (excluding diaryl/α,β-unsaturated/α-hetero) is 1. The third kappa shape index (κ3) is 3.86. The summed E-state index contributed by atoms with van der Waals surface area (Å²) in [7, 11) is 0. The lowest BCUT2D eigenvalue weighted by molar-refractivity contribution is 0.0676. The zero-order valence-corrected chi connectivity index (χ0v) is 13.8. The highest BCUT2D eigenvalue weighted by Crippen LogP contribution is 2.40. The van der Waals surface area contributed by atoms with Gasteiger partial charge in [0, 0.05) is 11.0 Å². The summed E-state index contributed by atoms with van der Waals surface area (Å²) in [6.45, 7) is 8.25. The van der Waals surface area contributed by atoms with Gasteiger partial charge in [-0.1, -0.05) is 20.8 Å². The van der Waals surface area contributed by atoms with Gasteiger partial charge < -0.3 is 11.1 Å². The summed E-state index contributed by atoms with van der Waals surface area (Å²) in [5.41, 5.74) is 5.87. The molecular weight excluding hydrogens is 279 g/mol. The number of nitrogens with two attached hydrogens (primary N) is 1. The molecule has 0 aliphatic carbocycles. The van der Waals surface area contributed by atoms with E-state index in [1.54, 1.807) is 6.07 Å². The lowest BCUT2D eigenvalue weighted by Crippen LogP contribution is -2.42. The second-order valence-electron chi connectivity index (χ2n) is 7.66. The van der Waals surface area contributed by atoms with Gasteiger partial charge in [0.25, 0.3) is 0 Å². The molecule has 4 heteroatoms. The van der Waals surface area contributed by atoms with Crippen molar-refractivity contribution in [2.75, 3.05) is 18.8 Å². The second kappa shape index (κ2) is 6.37. The number of piperidine rings is 1. The van der Waals surface area contributed by atoms with Crippen LogP contribution < -0.4 is 11.1 Å². The van der Waals surface area contributed by atoms with Crippen LogP contribution in [0.2, 0.25) is 0 Å². The Labute approximate surface area is 132 Å². The van der Waals surface area contributed by atoms with Gasteiger partial charge in [-0.2, -0.15) is 0 Å². The predicted octanol–water partition coefficient (Wildman–Crippen LogP) is 3.79. The van der Waals surface area contributed by atoms with E-state index in [-0.39, 0.29) is 22.3 Å². The maximum Gasteiger partial charge on any atom is 0.169 e. The van der Waals surface area contributed by atoms with Gasteiger partial charge in [-0.05, 0) is 62.4 Å². The van der Waals surface area contributed by atoms with E-state index < -0.39 is 5.82 Å². The van der Waals surface area contributed by atoms with Crippen LogP contribution in [0.5, 0.6) is 0 Å². The molecule has 0 saturated carbocycles. The molecule has 1 aliphatic heterocycles. The third-order valence-electron chi connectivity index (χ3n) is 4.66. The van der Waals surface area contributed by atoms with E-state index in [1.165, 1.54) is 12.1 Å². The SMILES string of the molecule is CC(C)(C)CCC1(C(=O)c2ccc(N)c(F)c2)CCNCC1. The molecule has 0 amide bonds. The summed E-state index contributed by atoms with van der Waals surface area (Å²) >= 11 is 0.